The van der Waals surface area contributed by atoms with Crippen LogP contribution in [-0.4, -0.2) is 70.0 Å². The summed E-state index contributed by atoms with van der Waals surface area (Å²) in [6, 6.07) is 0. The second-order valence-corrected chi connectivity index (χ2v) is 6.55. The lowest BCUT2D eigenvalue weighted by Gasteiger charge is -2.27. The van der Waals surface area contributed by atoms with Gasteiger partial charge in [-0.25, -0.2) is 4.89 Å². The fraction of sp³-hybridized carbons (Fsp3) is 0.818. The van der Waals surface area contributed by atoms with Crippen molar-refractivity contribution >= 4 is 7.82 Å². The Balaban J connectivity index is 3.99. The Morgan fingerprint density at radius 2 is 2.00 bits per heavy atom. The number of rotatable bonds is 12. The van der Waals surface area contributed by atoms with Crippen molar-refractivity contribution in [1.82, 2.24) is 0 Å². The first kappa shape index (κ1) is 19.7. The molecule has 0 aliphatic rings. The summed E-state index contributed by atoms with van der Waals surface area (Å²) in [4.78, 5) is 15.5. The number of phosphoric acid groups is 1. The quantitative estimate of drug-likeness (QED) is 0.138. The van der Waals surface area contributed by atoms with Crippen LogP contribution in [0, 0.1) is 0 Å². The molecule has 0 heterocycles. The SMILES string of the molecule is C=CCOC[C@H](COP(=O)([O-])OCC[N+](C)(C)C)OO. The maximum absolute atomic E-state index is 11.4. The van der Waals surface area contributed by atoms with Gasteiger partial charge in [0.25, 0.3) is 7.82 Å². The molecule has 0 rings (SSSR count). The predicted octanol–water partition coefficient (Wildman–Crippen LogP) is 0.255. The normalized spacial score (nSPS) is 16.6. The monoisotopic (exact) mass is 313 g/mol. The third-order valence-corrected chi connectivity index (χ3v) is 3.08. The van der Waals surface area contributed by atoms with Gasteiger partial charge >= 0.3 is 0 Å². The van der Waals surface area contributed by atoms with Gasteiger partial charge in [-0.1, -0.05) is 6.08 Å². The van der Waals surface area contributed by atoms with Crippen molar-refractivity contribution in [2.24, 2.45) is 0 Å². The van der Waals surface area contributed by atoms with Gasteiger partial charge in [0.05, 0.1) is 41.0 Å². The number of hydrogen-bond donors (Lipinski definition) is 1. The van der Waals surface area contributed by atoms with Gasteiger partial charge in [0.15, 0.2) is 0 Å². The van der Waals surface area contributed by atoms with E-state index >= 15 is 0 Å². The fourth-order valence-corrected chi connectivity index (χ4v) is 1.76. The van der Waals surface area contributed by atoms with E-state index in [1.54, 1.807) is 0 Å². The highest BCUT2D eigenvalue weighted by Crippen LogP contribution is 2.38. The Morgan fingerprint density at radius 1 is 1.35 bits per heavy atom. The molecular formula is C11H24NO7P. The largest absolute Gasteiger partial charge is 0.756 e. The summed E-state index contributed by atoms with van der Waals surface area (Å²) in [5.74, 6) is 0. The molecule has 0 bridgehead atoms. The highest BCUT2D eigenvalue weighted by Gasteiger charge is 2.17. The zero-order chi connectivity index (χ0) is 15.6. The fourth-order valence-electron chi connectivity index (χ4n) is 1.03. The Hall–Kier alpha value is -0.310. The van der Waals surface area contributed by atoms with E-state index in [0.717, 1.165) is 0 Å². The lowest BCUT2D eigenvalue weighted by atomic mass is 10.4. The van der Waals surface area contributed by atoms with Crippen LogP contribution in [0.15, 0.2) is 12.7 Å². The van der Waals surface area contributed by atoms with Gasteiger partial charge in [-0.15, -0.1) is 6.58 Å². The van der Waals surface area contributed by atoms with Gasteiger partial charge in [0, 0.05) is 0 Å². The average molecular weight is 313 g/mol. The molecule has 0 fully saturated rings. The van der Waals surface area contributed by atoms with E-state index in [-0.39, 0.29) is 19.8 Å². The molecule has 120 valence electrons. The zero-order valence-corrected chi connectivity index (χ0v) is 13.1. The van der Waals surface area contributed by atoms with E-state index in [1.807, 2.05) is 21.1 Å². The van der Waals surface area contributed by atoms with Crippen molar-refractivity contribution in [3.63, 3.8) is 0 Å². The van der Waals surface area contributed by atoms with E-state index < -0.39 is 20.5 Å². The number of phosphoric ester groups is 1. The lowest BCUT2D eigenvalue weighted by Crippen LogP contribution is -2.37. The highest BCUT2D eigenvalue weighted by molar-refractivity contribution is 7.45. The van der Waals surface area contributed by atoms with Gasteiger partial charge in [-0.05, 0) is 0 Å². The molecule has 0 aromatic heterocycles. The molecular weight excluding hydrogens is 289 g/mol. The number of hydrogen-bond acceptors (Lipinski definition) is 7. The minimum atomic E-state index is -4.41. The molecule has 8 nitrogen and oxygen atoms in total. The Labute approximate surface area is 119 Å². The molecule has 1 N–H and O–H groups in total. The van der Waals surface area contributed by atoms with Crippen LogP contribution >= 0.6 is 7.82 Å². The summed E-state index contributed by atoms with van der Waals surface area (Å²) in [6.07, 6.45) is 0.598. The summed E-state index contributed by atoms with van der Waals surface area (Å²) < 4.78 is 26.3. The Morgan fingerprint density at radius 3 is 2.50 bits per heavy atom. The van der Waals surface area contributed by atoms with Gasteiger partial charge in [-0.3, -0.25) is 9.82 Å². The maximum atomic E-state index is 11.4. The molecule has 20 heavy (non-hydrogen) atoms. The smallest absolute Gasteiger partial charge is 0.268 e. The van der Waals surface area contributed by atoms with Crippen LogP contribution in [0.1, 0.15) is 0 Å². The number of likely N-dealkylation sites (N-methyl/N-ethyl adjacent to an activating group) is 1. The topological polar surface area (TPSA) is 97.3 Å². The number of nitrogens with zero attached hydrogens (tertiary/aromatic N) is 1. The van der Waals surface area contributed by atoms with Crippen molar-refractivity contribution in [2.75, 3.05) is 54.1 Å². The average Bonchev–Trinajstić information content (AvgIpc) is 2.31. The van der Waals surface area contributed by atoms with Crippen molar-refractivity contribution in [3.05, 3.63) is 12.7 Å². The molecule has 0 aliphatic carbocycles. The third-order valence-electron chi connectivity index (χ3n) is 2.12. The first-order chi connectivity index (χ1) is 9.20. The standard InChI is InChI=1S/C11H24NO7P/c1-5-7-16-9-11(19-13)10-18-20(14,15)17-8-6-12(2,3)4/h5,11H,1,6-10H2,2-4H3,(H-,13,14,15)/t11-/m1/s1. The second-order valence-electron chi connectivity index (χ2n) is 5.14. The van der Waals surface area contributed by atoms with Gasteiger partial charge < -0.3 is 23.2 Å². The summed E-state index contributed by atoms with van der Waals surface area (Å²) in [6.45, 7) is 3.82. The van der Waals surface area contributed by atoms with Crippen LogP contribution in [0.3, 0.4) is 0 Å². The molecule has 0 aromatic rings. The second kappa shape index (κ2) is 9.59. The van der Waals surface area contributed by atoms with Crippen LogP contribution in [0.5, 0.6) is 0 Å². The molecule has 0 saturated carbocycles. The molecule has 0 radical (unpaired) electrons. The molecule has 2 atom stereocenters. The number of quaternary nitrogens is 1. The summed E-state index contributed by atoms with van der Waals surface area (Å²) >= 11 is 0. The minimum Gasteiger partial charge on any atom is -0.756 e. The van der Waals surface area contributed by atoms with E-state index in [0.29, 0.717) is 11.0 Å². The van der Waals surface area contributed by atoms with E-state index in [2.05, 4.69) is 16.0 Å². The zero-order valence-electron chi connectivity index (χ0n) is 12.2. The van der Waals surface area contributed by atoms with E-state index in [9.17, 15) is 9.46 Å². The Kier molecular flexibility index (Phi) is 9.45. The first-order valence-corrected chi connectivity index (χ1v) is 7.55. The van der Waals surface area contributed by atoms with E-state index in [1.165, 1.54) is 6.08 Å². The van der Waals surface area contributed by atoms with Crippen LogP contribution in [0.25, 0.3) is 0 Å². The van der Waals surface area contributed by atoms with E-state index in [4.69, 9.17) is 14.5 Å². The first-order valence-electron chi connectivity index (χ1n) is 6.09. The summed E-state index contributed by atoms with van der Waals surface area (Å²) in [5, 5.41) is 8.58. The van der Waals surface area contributed by atoms with Crippen LogP contribution < -0.4 is 4.89 Å². The third kappa shape index (κ3) is 11.5. The summed E-state index contributed by atoms with van der Waals surface area (Å²) in [7, 11) is 1.32. The molecule has 0 amide bonds. The maximum Gasteiger partial charge on any atom is 0.268 e. The molecule has 0 aromatic carbocycles. The molecule has 9 heteroatoms. The van der Waals surface area contributed by atoms with Gasteiger partial charge in [0.2, 0.25) is 0 Å². The van der Waals surface area contributed by atoms with Gasteiger partial charge in [0.1, 0.15) is 19.3 Å². The van der Waals surface area contributed by atoms with Crippen molar-refractivity contribution in [3.8, 4) is 0 Å². The van der Waals surface area contributed by atoms with Crippen LogP contribution in [-0.2, 0) is 23.2 Å². The highest BCUT2D eigenvalue weighted by atomic mass is 31.2. The Bertz CT molecular complexity index is 318. The molecule has 1 unspecified atom stereocenters. The van der Waals surface area contributed by atoms with Crippen molar-refractivity contribution in [1.29, 1.82) is 0 Å². The van der Waals surface area contributed by atoms with Gasteiger partial charge in [-0.2, -0.15) is 0 Å². The van der Waals surface area contributed by atoms with Crippen LogP contribution in [0.2, 0.25) is 0 Å². The summed E-state index contributed by atoms with van der Waals surface area (Å²) in [5.41, 5.74) is 0. The van der Waals surface area contributed by atoms with Crippen molar-refractivity contribution < 1.29 is 37.9 Å². The minimum absolute atomic E-state index is 0.0158. The predicted molar refractivity (Wildman–Crippen MR) is 70.9 cm³/mol. The lowest BCUT2D eigenvalue weighted by molar-refractivity contribution is -0.870. The molecule has 0 saturated heterocycles. The molecule has 0 aliphatic heterocycles. The van der Waals surface area contributed by atoms with Crippen molar-refractivity contribution in [2.45, 2.75) is 6.10 Å². The van der Waals surface area contributed by atoms with Crippen LogP contribution in [0.4, 0.5) is 0 Å². The number of ether oxygens (including phenoxy) is 1. The molecule has 0 spiro atoms.